The van der Waals surface area contributed by atoms with Crippen LogP contribution < -0.4 is 10.6 Å². The van der Waals surface area contributed by atoms with Crippen molar-refractivity contribution in [2.45, 2.75) is 30.7 Å². The van der Waals surface area contributed by atoms with Crippen LogP contribution in [-0.2, 0) is 15.0 Å². The van der Waals surface area contributed by atoms with Gasteiger partial charge in [-0.3, -0.25) is 0 Å². The summed E-state index contributed by atoms with van der Waals surface area (Å²) in [5.41, 5.74) is 3.36. The van der Waals surface area contributed by atoms with Gasteiger partial charge in [0.25, 0.3) is 11.9 Å². The molecule has 0 aromatic heterocycles. The van der Waals surface area contributed by atoms with Gasteiger partial charge in [0.2, 0.25) is 0 Å². The van der Waals surface area contributed by atoms with E-state index in [1.54, 1.807) is 0 Å². The predicted octanol–water partition coefficient (Wildman–Crippen LogP) is 3.86. The highest BCUT2D eigenvalue weighted by Crippen LogP contribution is 2.50. The van der Waals surface area contributed by atoms with Crippen LogP contribution in [0.15, 0.2) is 47.1 Å². The second-order valence-corrected chi connectivity index (χ2v) is 7.78. The molecule has 1 aromatic rings. The lowest BCUT2D eigenvalue weighted by Crippen LogP contribution is -2.49. The zero-order valence-electron chi connectivity index (χ0n) is 16.3. The topological polar surface area (TPSA) is 60.1 Å². The lowest BCUT2D eigenvalue weighted by molar-refractivity contribution is -0.121. The highest BCUT2D eigenvalue weighted by atomic mass is 19.4. The molecule has 4 rings (SSSR count). The number of hydrogen-bond donors (Lipinski definition) is 1. The number of ether oxygens (including phenoxy) is 2. The van der Waals surface area contributed by atoms with E-state index in [4.69, 9.17) is 15.2 Å². The normalized spacial score (nSPS) is 28.7. The molecule has 1 saturated heterocycles. The van der Waals surface area contributed by atoms with Crippen molar-refractivity contribution in [1.29, 1.82) is 0 Å². The Hall–Kier alpha value is -2.69. The van der Waals surface area contributed by atoms with Gasteiger partial charge in [-0.2, -0.15) is 13.2 Å². The molecule has 0 saturated carbocycles. The number of amidine groups is 1. The summed E-state index contributed by atoms with van der Waals surface area (Å²) < 4.78 is 93.0. The number of halogens is 6. The third-order valence-corrected chi connectivity index (χ3v) is 5.65. The van der Waals surface area contributed by atoms with Crippen molar-refractivity contribution in [2.75, 3.05) is 24.7 Å². The zero-order chi connectivity index (χ0) is 22.6. The van der Waals surface area contributed by atoms with E-state index in [1.807, 2.05) is 0 Å². The van der Waals surface area contributed by atoms with Crippen molar-refractivity contribution in [3.63, 3.8) is 0 Å². The van der Waals surface area contributed by atoms with E-state index in [0.29, 0.717) is 6.92 Å². The fraction of sp³-hybridized carbons (Fsp3) is 0.450. The highest BCUT2D eigenvalue weighted by molar-refractivity contribution is 5.73. The van der Waals surface area contributed by atoms with Crippen molar-refractivity contribution in [3.05, 3.63) is 53.5 Å². The van der Waals surface area contributed by atoms with Crippen LogP contribution in [0.25, 0.3) is 0 Å². The summed E-state index contributed by atoms with van der Waals surface area (Å²) in [6.45, 7) is 0.158. The van der Waals surface area contributed by atoms with Gasteiger partial charge in [-0.05, 0) is 18.2 Å². The van der Waals surface area contributed by atoms with E-state index < -0.39 is 41.0 Å². The average molecular weight is 447 g/mol. The minimum absolute atomic E-state index is 0.0930. The maximum absolute atomic E-state index is 14.9. The molecule has 11 heteroatoms. The smallest absolute Gasteiger partial charge is 0.417 e. The second kappa shape index (κ2) is 7.18. The molecule has 0 amide bonds. The molecular formula is C20H19F6N3O2. The van der Waals surface area contributed by atoms with Gasteiger partial charge in [0.15, 0.2) is 0 Å². The number of allylic oxidation sites excluding steroid dienone is 2. The number of nitrogens with two attached hydrogens (primary N) is 1. The van der Waals surface area contributed by atoms with E-state index in [1.165, 1.54) is 23.1 Å². The first-order chi connectivity index (χ1) is 14.4. The van der Waals surface area contributed by atoms with E-state index in [2.05, 4.69) is 4.99 Å². The van der Waals surface area contributed by atoms with Gasteiger partial charge in [0.05, 0.1) is 24.7 Å². The molecule has 0 bridgehead atoms. The summed E-state index contributed by atoms with van der Waals surface area (Å²) in [7, 11) is 0. The van der Waals surface area contributed by atoms with Gasteiger partial charge in [-0.15, -0.1) is 0 Å². The van der Waals surface area contributed by atoms with Crippen LogP contribution in [0.2, 0.25) is 0 Å². The number of anilines is 1. The number of rotatable bonds is 3. The van der Waals surface area contributed by atoms with Crippen LogP contribution in [0.3, 0.4) is 0 Å². The van der Waals surface area contributed by atoms with Crippen molar-refractivity contribution < 1.29 is 35.8 Å². The van der Waals surface area contributed by atoms with Crippen LogP contribution in [0, 0.1) is 11.7 Å². The molecule has 0 spiro atoms. The highest BCUT2D eigenvalue weighted by Gasteiger charge is 2.60. The van der Waals surface area contributed by atoms with Crippen LogP contribution in [0.1, 0.15) is 12.5 Å². The Morgan fingerprint density at radius 3 is 2.65 bits per heavy atom. The third kappa shape index (κ3) is 3.75. The first kappa shape index (κ1) is 21.5. The third-order valence-electron chi connectivity index (χ3n) is 5.65. The first-order valence-electron chi connectivity index (χ1n) is 9.41. The molecule has 0 aliphatic carbocycles. The lowest BCUT2D eigenvalue weighted by Gasteiger charge is -2.37. The Morgan fingerprint density at radius 2 is 1.97 bits per heavy atom. The second-order valence-electron chi connectivity index (χ2n) is 7.78. The van der Waals surface area contributed by atoms with Crippen molar-refractivity contribution >= 4 is 11.7 Å². The number of fused-ring (bicyclic) bond motifs is 1. The molecule has 168 valence electrons. The Balaban J connectivity index is 1.79. The van der Waals surface area contributed by atoms with Crippen molar-refractivity contribution in [2.24, 2.45) is 16.6 Å². The Bertz CT molecular complexity index is 969. The lowest BCUT2D eigenvalue weighted by atomic mass is 9.76. The van der Waals surface area contributed by atoms with Gasteiger partial charge in [-0.1, -0.05) is 12.2 Å². The zero-order valence-corrected chi connectivity index (χ0v) is 16.3. The molecular weight excluding hydrogens is 428 g/mol. The van der Waals surface area contributed by atoms with Crippen LogP contribution in [-0.4, -0.2) is 44.0 Å². The molecule has 1 aromatic carbocycles. The van der Waals surface area contributed by atoms with Crippen LogP contribution >= 0.6 is 0 Å². The van der Waals surface area contributed by atoms with Crippen LogP contribution in [0.4, 0.5) is 32.0 Å². The quantitative estimate of drug-likeness (QED) is 0.716. The predicted molar refractivity (Wildman–Crippen MR) is 100 cm³/mol. The molecule has 5 nitrogen and oxygen atoms in total. The fourth-order valence-electron chi connectivity index (χ4n) is 4.20. The number of benzene rings is 1. The molecule has 3 aliphatic rings. The Morgan fingerprint density at radius 1 is 1.23 bits per heavy atom. The maximum Gasteiger partial charge on any atom is 0.417 e. The van der Waals surface area contributed by atoms with Gasteiger partial charge in [-0.25, -0.2) is 18.2 Å². The average Bonchev–Trinajstić information content (AvgIpc) is 3.07. The summed E-state index contributed by atoms with van der Waals surface area (Å²) >= 11 is 0. The monoisotopic (exact) mass is 447 g/mol. The first-order valence-corrected chi connectivity index (χ1v) is 9.41. The van der Waals surface area contributed by atoms with Crippen molar-refractivity contribution in [3.8, 4) is 0 Å². The molecule has 3 aliphatic heterocycles. The van der Waals surface area contributed by atoms with Gasteiger partial charge in [0, 0.05) is 30.9 Å². The number of hydrogen-bond acceptors (Lipinski definition) is 5. The number of nitrogens with zero attached hydrogens (tertiary/aromatic N) is 2. The Labute approximate surface area is 173 Å². The number of aliphatic imine (C=N–C) groups is 1. The van der Waals surface area contributed by atoms with E-state index >= 15 is 0 Å². The minimum atomic E-state index is -4.56. The maximum atomic E-state index is 14.9. The largest absolute Gasteiger partial charge is 0.465 e. The summed E-state index contributed by atoms with van der Waals surface area (Å²) in [6.07, 6.45) is -2.97. The summed E-state index contributed by atoms with van der Waals surface area (Å²) in [4.78, 5) is 5.44. The minimum Gasteiger partial charge on any atom is -0.465 e. The molecule has 3 heterocycles. The summed E-state index contributed by atoms with van der Waals surface area (Å²) in [5, 5.41) is 0. The molecule has 3 atom stereocenters. The van der Waals surface area contributed by atoms with E-state index in [0.717, 1.165) is 18.3 Å². The van der Waals surface area contributed by atoms with Gasteiger partial charge < -0.3 is 20.1 Å². The van der Waals surface area contributed by atoms with E-state index in [9.17, 15) is 26.3 Å². The molecule has 3 unspecified atom stereocenters. The SMILES string of the molecule is CC(F)(F)C1OCC2(c3cc(N4C=C(C(F)(F)F)C=CC4)ccc3F)N=C(N)OCC12. The summed E-state index contributed by atoms with van der Waals surface area (Å²) in [6, 6.07) is 3.37. The van der Waals surface area contributed by atoms with E-state index in [-0.39, 0.29) is 37.0 Å². The Kier molecular flexibility index (Phi) is 4.99. The molecule has 0 radical (unpaired) electrons. The standard InChI is InChI=1S/C20H19F6N3O2/c1-18(22,23)16-14-9-30-17(27)28-19(14,10-31-16)13-7-12(4-5-15(13)21)29-6-2-3-11(8-29)20(24,25)26/h2-5,7-8,14,16H,6,9-10H2,1H3,(H2,27,28). The fourth-order valence-corrected chi connectivity index (χ4v) is 4.20. The number of alkyl halides is 5. The molecule has 31 heavy (non-hydrogen) atoms. The summed E-state index contributed by atoms with van der Waals surface area (Å²) in [5.74, 6) is -5.07. The van der Waals surface area contributed by atoms with Gasteiger partial charge >= 0.3 is 6.18 Å². The molecule has 1 fully saturated rings. The molecule has 2 N–H and O–H groups in total. The van der Waals surface area contributed by atoms with Gasteiger partial charge in [0.1, 0.15) is 17.5 Å². The van der Waals surface area contributed by atoms with Crippen molar-refractivity contribution in [1.82, 2.24) is 0 Å². The van der Waals surface area contributed by atoms with Crippen LogP contribution in [0.5, 0.6) is 0 Å².